The number of thioether (sulfide) groups is 1. The van der Waals surface area contributed by atoms with Crippen molar-refractivity contribution < 1.29 is 36.6 Å². The number of amidine groups is 1. The number of nitrogens with one attached hydrogen (secondary N) is 2. The molecule has 0 radical (unpaired) electrons. The zero-order valence-electron chi connectivity index (χ0n) is 21.6. The predicted molar refractivity (Wildman–Crippen MR) is 136 cm³/mol. The highest BCUT2D eigenvalue weighted by molar-refractivity contribution is 8.14. The van der Waals surface area contributed by atoms with E-state index in [0.29, 0.717) is 0 Å². The lowest BCUT2D eigenvalue weighted by Crippen LogP contribution is -2.61. The molecule has 39 heavy (non-hydrogen) atoms. The molecule has 0 saturated carbocycles. The lowest BCUT2D eigenvalue weighted by atomic mass is 9.72. The predicted octanol–water partition coefficient (Wildman–Crippen LogP) is 5.15. The maximum atomic E-state index is 16.6. The second-order valence-corrected chi connectivity index (χ2v) is 11.2. The molecule has 4 rings (SSSR count). The number of hydrogen-bond acceptors (Lipinski definition) is 8. The molecule has 1 saturated heterocycles. The molecule has 0 unspecified atom stereocenters. The third kappa shape index (κ3) is 6.16. The Labute approximate surface area is 226 Å². The first-order chi connectivity index (χ1) is 18.2. The molecule has 9 nitrogen and oxygen atoms in total. The number of alkyl halides is 3. The number of alkyl carbamates (subject to hydrolysis) is 1. The molecule has 2 amide bonds. The van der Waals surface area contributed by atoms with Crippen LogP contribution in [0.15, 0.2) is 35.6 Å². The molecule has 2 aliphatic heterocycles. The maximum absolute atomic E-state index is 16.6. The number of aliphatic imine (C=N–C) groups is 1. The Balaban J connectivity index is 1.69. The van der Waals surface area contributed by atoms with Crippen molar-refractivity contribution in [2.45, 2.75) is 63.5 Å². The summed E-state index contributed by atoms with van der Waals surface area (Å²) < 4.78 is 68.5. The Bertz CT molecular complexity index is 1290. The van der Waals surface area contributed by atoms with E-state index in [4.69, 9.17) is 9.47 Å². The van der Waals surface area contributed by atoms with Gasteiger partial charge < -0.3 is 14.8 Å². The van der Waals surface area contributed by atoms with Crippen molar-refractivity contribution in [3.63, 3.8) is 0 Å². The minimum absolute atomic E-state index is 0.0268. The Morgan fingerprint density at radius 3 is 2.59 bits per heavy atom. The lowest BCUT2D eigenvalue weighted by molar-refractivity contribution is -0.107. The van der Waals surface area contributed by atoms with Gasteiger partial charge in [0, 0.05) is 23.4 Å². The number of nitrogens with zero attached hydrogens (tertiary/aromatic N) is 3. The van der Waals surface area contributed by atoms with Crippen LogP contribution in [0.3, 0.4) is 0 Å². The van der Waals surface area contributed by atoms with Crippen molar-refractivity contribution in [1.82, 2.24) is 15.3 Å². The summed E-state index contributed by atoms with van der Waals surface area (Å²) in [5, 5.41) is 5.02. The van der Waals surface area contributed by atoms with Crippen LogP contribution in [0, 0.1) is 5.82 Å². The number of hydrogen-bond donors (Lipinski definition) is 2. The van der Waals surface area contributed by atoms with E-state index < -0.39 is 52.8 Å². The highest BCUT2D eigenvalue weighted by atomic mass is 32.2. The Kier molecular flexibility index (Phi) is 7.90. The van der Waals surface area contributed by atoms with Gasteiger partial charge in [0.25, 0.3) is 12.3 Å². The van der Waals surface area contributed by atoms with Crippen LogP contribution in [-0.2, 0) is 15.0 Å². The summed E-state index contributed by atoms with van der Waals surface area (Å²) in [5.41, 5.74) is -5.72. The second kappa shape index (κ2) is 10.7. The number of carbonyl (C=O) groups excluding carboxylic acids is 2. The summed E-state index contributed by atoms with van der Waals surface area (Å²) in [4.78, 5) is 36.7. The SMILES string of the molecule is C[C@H]1C[C@@]2(F)CSC(NC(=O)OC(C)(C)C)=N[C@@]2(c2cc(NC(=O)c3cnc(C(F)F)cn3)ccc2F)CO1. The van der Waals surface area contributed by atoms with Gasteiger partial charge in [0.2, 0.25) is 0 Å². The van der Waals surface area contributed by atoms with E-state index in [0.717, 1.165) is 30.2 Å². The van der Waals surface area contributed by atoms with Crippen molar-refractivity contribution >= 4 is 34.6 Å². The number of carbonyl (C=O) groups is 2. The number of anilines is 1. The number of benzene rings is 1. The van der Waals surface area contributed by atoms with Crippen molar-refractivity contribution in [3.05, 3.63) is 53.4 Å². The van der Waals surface area contributed by atoms with Crippen molar-refractivity contribution in [1.29, 1.82) is 0 Å². The average molecular weight is 570 g/mol. The van der Waals surface area contributed by atoms with Crippen LogP contribution in [0.1, 0.15) is 62.3 Å². The number of amides is 2. The van der Waals surface area contributed by atoms with Gasteiger partial charge in [0.1, 0.15) is 28.3 Å². The van der Waals surface area contributed by atoms with Gasteiger partial charge in [0.15, 0.2) is 10.8 Å². The Hall–Kier alpha value is -3.26. The highest BCUT2D eigenvalue weighted by Gasteiger charge is 2.60. The van der Waals surface area contributed by atoms with Crippen LogP contribution in [0.25, 0.3) is 0 Å². The van der Waals surface area contributed by atoms with E-state index >= 15 is 8.78 Å². The first-order valence-corrected chi connectivity index (χ1v) is 12.9. The Morgan fingerprint density at radius 1 is 1.21 bits per heavy atom. The summed E-state index contributed by atoms with van der Waals surface area (Å²) in [6, 6.07) is 3.52. The minimum Gasteiger partial charge on any atom is -0.444 e. The summed E-state index contributed by atoms with van der Waals surface area (Å²) in [7, 11) is 0. The third-order valence-corrected chi connectivity index (χ3v) is 7.13. The molecular formula is C25H27F4N5O4S. The molecule has 210 valence electrons. The molecule has 0 spiro atoms. The van der Waals surface area contributed by atoms with Crippen LogP contribution < -0.4 is 10.6 Å². The van der Waals surface area contributed by atoms with Gasteiger partial charge in [-0.05, 0) is 45.9 Å². The summed E-state index contributed by atoms with van der Waals surface area (Å²) in [6.07, 6.45) is -2.55. The van der Waals surface area contributed by atoms with Gasteiger partial charge in [-0.3, -0.25) is 15.1 Å². The second-order valence-electron chi connectivity index (χ2n) is 10.3. The van der Waals surface area contributed by atoms with Crippen molar-refractivity contribution in [3.8, 4) is 0 Å². The van der Waals surface area contributed by atoms with Crippen LogP contribution >= 0.6 is 11.8 Å². The van der Waals surface area contributed by atoms with Crippen LogP contribution in [0.2, 0.25) is 0 Å². The standard InChI is InChI=1S/C25H27F4N5O4S/c1-13-8-24(29)12-39-21(33-22(36)38-23(2,3)4)34-25(24,11-37-13)15-7-14(5-6-16(15)26)32-20(35)18-10-30-17(9-31-18)19(27)28/h5-7,9-10,13,19H,8,11-12H2,1-4H3,(H,32,35)(H,33,34,36)/t13-,24+,25+/m0/s1. The van der Waals surface area contributed by atoms with E-state index in [1.807, 2.05) is 0 Å². The minimum atomic E-state index is -2.85. The average Bonchev–Trinajstić information content (AvgIpc) is 2.84. The molecule has 1 fully saturated rings. The van der Waals surface area contributed by atoms with Crippen molar-refractivity contribution in [2.75, 3.05) is 17.7 Å². The monoisotopic (exact) mass is 569 g/mol. The summed E-state index contributed by atoms with van der Waals surface area (Å²) in [5.74, 6) is -1.76. The number of fused-ring (bicyclic) bond motifs is 1. The van der Waals surface area contributed by atoms with Crippen LogP contribution in [0.5, 0.6) is 0 Å². The van der Waals surface area contributed by atoms with Gasteiger partial charge >= 0.3 is 6.09 Å². The van der Waals surface area contributed by atoms with E-state index in [-0.39, 0.29) is 40.9 Å². The quantitative estimate of drug-likeness (QED) is 0.490. The Morgan fingerprint density at radius 2 is 1.95 bits per heavy atom. The fourth-order valence-corrected chi connectivity index (χ4v) is 5.39. The lowest BCUT2D eigenvalue weighted by Gasteiger charge is -2.50. The molecule has 2 aromatic rings. The molecule has 1 aromatic carbocycles. The number of ether oxygens (including phenoxy) is 2. The van der Waals surface area contributed by atoms with E-state index in [1.165, 1.54) is 12.1 Å². The number of halogens is 4. The molecule has 2 aliphatic rings. The van der Waals surface area contributed by atoms with Gasteiger partial charge in [-0.15, -0.1) is 0 Å². The summed E-state index contributed by atoms with van der Waals surface area (Å²) >= 11 is 0.965. The first kappa shape index (κ1) is 28.7. The normalized spacial score (nSPS) is 24.9. The molecule has 1 aromatic heterocycles. The van der Waals surface area contributed by atoms with E-state index in [1.54, 1.807) is 27.7 Å². The third-order valence-electron chi connectivity index (χ3n) is 6.06. The van der Waals surface area contributed by atoms with Crippen LogP contribution in [-0.4, -0.2) is 56.9 Å². The molecular weight excluding hydrogens is 542 g/mol. The maximum Gasteiger partial charge on any atom is 0.413 e. The van der Waals surface area contributed by atoms with E-state index in [2.05, 4.69) is 25.6 Å². The smallest absolute Gasteiger partial charge is 0.413 e. The fourth-order valence-electron chi connectivity index (χ4n) is 4.29. The zero-order chi connectivity index (χ0) is 28.6. The molecule has 2 N–H and O–H groups in total. The molecule has 0 bridgehead atoms. The van der Waals surface area contributed by atoms with Gasteiger partial charge in [-0.1, -0.05) is 11.8 Å². The first-order valence-electron chi connectivity index (χ1n) is 12.0. The zero-order valence-corrected chi connectivity index (χ0v) is 22.4. The largest absolute Gasteiger partial charge is 0.444 e. The van der Waals surface area contributed by atoms with Gasteiger partial charge in [0.05, 0.1) is 25.1 Å². The van der Waals surface area contributed by atoms with E-state index in [9.17, 15) is 18.4 Å². The number of rotatable bonds is 4. The van der Waals surface area contributed by atoms with Gasteiger partial charge in [-0.25, -0.2) is 32.3 Å². The molecule has 14 heteroatoms. The van der Waals surface area contributed by atoms with Gasteiger partial charge in [-0.2, -0.15) is 0 Å². The topological polar surface area (TPSA) is 115 Å². The fraction of sp³-hybridized carbons (Fsp3) is 0.480. The van der Waals surface area contributed by atoms with Crippen LogP contribution in [0.4, 0.5) is 28.0 Å². The molecule has 3 atom stereocenters. The van der Waals surface area contributed by atoms with Crippen molar-refractivity contribution in [2.24, 2.45) is 4.99 Å². The molecule has 0 aliphatic carbocycles. The number of aromatic nitrogens is 2. The highest BCUT2D eigenvalue weighted by Crippen LogP contribution is 2.52. The molecule has 3 heterocycles. The summed E-state index contributed by atoms with van der Waals surface area (Å²) in [6.45, 7) is 6.41.